The monoisotopic (exact) mass is 1770 g/mol. The Labute approximate surface area is 743 Å². The van der Waals surface area contributed by atoms with Crippen LogP contribution in [0.2, 0.25) is 0 Å². The Kier molecular flexibility index (Phi) is 38.4. The van der Waals surface area contributed by atoms with Gasteiger partial charge < -0.3 is 104 Å². The fourth-order valence-corrected chi connectivity index (χ4v) is 16.6. The van der Waals surface area contributed by atoms with Gasteiger partial charge in [0.15, 0.2) is 0 Å². The predicted octanol–water partition coefficient (Wildman–Crippen LogP) is 1.43. The molecule has 3 heterocycles. The number of nitrogens with one attached hydrogen (secondary N) is 9. The Bertz CT molecular complexity index is 4790. The van der Waals surface area contributed by atoms with Gasteiger partial charge in [0.05, 0.1) is 30.8 Å². The third kappa shape index (κ3) is 29.0. The number of hydrogen-bond donors (Lipinski definition) is 14. The summed E-state index contributed by atoms with van der Waals surface area (Å²) in [4.78, 5) is 236. The number of aromatic nitrogens is 1. The average Bonchev–Trinajstić information content (AvgIpc) is 0.902. The quantitative estimate of drug-likeness (QED) is 0.0240. The number of nitrogens with two attached hydrogens (primary N) is 3. The zero-order chi connectivity index (χ0) is 92.7. The number of rotatable bonds is 48. The number of hydrogen-bond acceptors (Lipinski definition) is 20. The van der Waals surface area contributed by atoms with E-state index in [1.165, 1.54) is 52.9 Å². The number of carbonyl (C=O) groups is 16. The molecule has 13 atom stereocenters. The smallest absolute Gasteiger partial charge is 0.305 e. The molecule has 8 rings (SSSR count). The maximum Gasteiger partial charge on any atom is 0.305 e. The zero-order valence-corrected chi connectivity index (χ0v) is 73.9. The molecule has 0 unspecified atom stereocenters. The van der Waals surface area contributed by atoms with Crippen LogP contribution in [-0.4, -0.2) is 272 Å². The van der Waals surface area contributed by atoms with Gasteiger partial charge in [-0.1, -0.05) is 162 Å². The summed E-state index contributed by atoms with van der Waals surface area (Å²) in [6.45, 7) is 8.02. The number of H-pyrrole nitrogens is 1. The molecule has 0 spiro atoms. The number of para-hydroxylation sites is 1. The number of phenolic OH excluding ortho intramolecular Hbond substituents is 1. The first-order valence-corrected chi connectivity index (χ1v) is 44.0. The van der Waals surface area contributed by atoms with E-state index in [1.54, 1.807) is 130 Å². The number of benzene rings is 5. The molecular weight excluding hydrogens is 1650 g/mol. The Hall–Kier alpha value is -12.6. The molecule has 684 valence electrons. The number of fused-ring (bicyclic) bond motifs is 1. The summed E-state index contributed by atoms with van der Waals surface area (Å²) in [5.41, 5.74) is 21.8. The van der Waals surface area contributed by atoms with Crippen LogP contribution in [0, 0.1) is 11.8 Å². The SMILES string of the molecule is CCC[C@@H](C(=O)N1CCC[C@@H]1C(=O)N[C@@H](CCN)C(=O)N[C@H](C(=O)N(C)[C@@H](Cc1ccccc1)C(=O)N[C@@H](CC(=O)O)C(=O)N1CCC[C@@H]1C(=O)N[C@H](C=O)Cc1c[nH]c2ccccc12)C(C)C)N(C)C(=O)[C@H](Cc1ccccc1)N(C)C(=O)[C@H](Cc1ccccc1)NC(=O)CSC[C@H](NC(=O)[C@H](CC(C)C)NC(=O)[C@@H](N)Cc1ccc(O)cc1)C(=O)NCC(N)=O. The van der Waals surface area contributed by atoms with Crippen LogP contribution in [0.3, 0.4) is 0 Å². The number of aliphatic carboxylic acids is 1. The molecule has 36 heteroatoms. The second-order valence-corrected chi connectivity index (χ2v) is 34.1. The number of primary amides is 1. The Morgan fingerprint density at radius 2 is 1.07 bits per heavy atom. The van der Waals surface area contributed by atoms with Gasteiger partial charge in [0.25, 0.3) is 0 Å². The number of nitrogens with zero attached hydrogens (tertiary/aromatic N) is 5. The van der Waals surface area contributed by atoms with Crippen LogP contribution in [0.15, 0.2) is 146 Å². The first kappa shape index (κ1) is 99.8. The summed E-state index contributed by atoms with van der Waals surface area (Å²) < 4.78 is 0. The standard InChI is InChI=1S/C91H121N17O18S/c1-9-23-73(104(6)89(124)75(46-58-28-17-12-18-29-58)106(8)87(122)68(44-56-24-13-10-14-25-56)98-77(112)53-127-52-70(81(116)96-50-76(94)111)102-83(118)67(42-54(2)3)100-80(115)64(93)43-59-34-36-62(110)37-35-59)90(125)108-41-22-33-72(108)85(120)99-66(38-39-92)82(117)103-79(55(4)5)91(126)105(7)74(45-57-26-15-11-16-27-57)86(121)101-69(48-78(113)114)88(123)107-40-21-32-71(107)84(119)97-61(51-109)47-60-49-95-65-31-20-19-30-63(60)65/h10-20,24-31,34-37,49,51,54-55,61,64,66-75,79,95,110H,9,21-23,32-33,38-48,50,52-53,92-93H2,1-8H3,(H2,94,111)(H,96,116)(H,97,119)(H,98,112)(H,99,120)(H,100,115)(H,101,121)(H,102,118)(H,103,117)(H,113,114)/t61-,64-,66-,67-,68-,69-,70-,71+,72+,73-,74-,75-,79-/m0/s1. The number of aldehydes is 1. The summed E-state index contributed by atoms with van der Waals surface area (Å²) in [7, 11) is 4.15. The number of thioether (sulfide) groups is 1. The number of aromatic hydroxyl groups is 1. The van der Waals surface area contributed by atoms with Gasteiger partial charge in [0.2, 0.25) is 82.7 Å². The van der Waals surface area contributed by atoms with Gasteiger partial charge in [-0.3, -0.25) is 71.9 Å². The van der Waals surface area contributed by atoms with Crippen LogP contribution in [0.5, 0.6) is 5.75 Å². The van der Waals surface area contributed by atoms with E-state index < -0.39 is 192 Å². The number of carboxylic acid groups (broad SMARTS) is 1. The van der Waals surface area contributed by atoms with Gasteiger partial charge in [0, 0.05) is 82.8 Å². The Morgan fingerprint density at radius 1 is 0.543 bits per heavy atom. The number of aromatic amines is 1. The van der Waals surface area contributed by atoms with Crippen molar-refractivity contribution in [3.8, 4) is 5.75 Å². The van der Waals surface area contributed by atoms with Gasteiger partial charge in [-0.25, -0.2) is 0 Å². The summed E-state index contributed by atoms with van der Waals surface area (Å²) in [6, 6.07) is 22.6. The lowest BCUT2D eigenvalue weighted by Gasteiger charge is -2.38. The van der Waals surface area contributed by atoms with Crippen LogP contribution >= 0.6 is 11.8 Å². The first-order chi connectivity index (χ1) is 60.6. The molecule has 0 bridgehead atoms. The Morgan fingerprint density at radius 3 is 1.64 bits per heavy atom. The fourth-order valence-electron chi connectivity index (χ4n) is 15.7. The van der Waals surface area contributed by atoms with Crippen molar-refractivity contribution in [3.63, 3.8) is 0 Å². The van der Waals surface area contributed by atoms with E-state index in [0.29, 0.717) is 47.8 Å². The minimum Gasteiger partial charge on any atom is -0.508 e. The van der Waals surface area contributed by atoms with Crippen molar-refractivity contribution in [2.45, 2.75) is 203 Å². The molecule has 0 aliphatic carbocycles. The van der Waals surface area contributed by atoms with Gasteiger partial charge in [-0.05, 0) is 116 Å². The molecule has 2 aliphatic heterocycles. The molecule has 35 nitrogen and oxygen atoms in total. The van der Waals surface area contributed by atoms with E-state index in [-0.39, 0.29) is 101 Å². The highest BCUT2D eigenvalue weighted by Crippen LogP contribution is 2.27. The summed E-state index contributed by atoms with van der Waals surface area (Å²) >= 11 is 0.895. The molecule has 2 aliphatic rings. The molecule has 5 aromatic carbocycles. The molecule has 14 amide bonds. The highest BCUT2D eigenvalue weighted by atomic mass is 32.2. The van der Waals surface area contributed by atoms with Crippen LogP contribution in [0.1, 0.15) is 120 Å². The van der Waals surface area contributed by atoms with Crippen LogP contribution in [0.25, 0.3) is 10.9 Å². The van der Waals surface area contributed by atoms with Crippen molar-refractivity contribution in [1.82, 2.24) is 72.0 Å². The molecular formula is C91H121N17O18S. The van der Waals surface area contributed by atoms with Crippen LogP contribution in [-0.2, 0) is 109 Å². The molecule has 127 heavy (non-hydrogen) atoms. The predicted molar refractivity (Wildman–Crippen MR) is 476 cm³/mol. The van der Waals surface area contributed by atoms with E-state index in [4.69, 9.17) is 17.2 Å². The molecule has 2 saturated heterocycles. The van der Waals surface area contributed by atoms with E-state index in [2.05, 4.69) is 47.5 Å². The fraction of sp³-hybridized carbons (Fsp3) is 0.473. The number of likely N-dealkylation sites (N-methyl/N-ethyl adjacent to an activating group) is 3. The van der Waals surface area contributed by atoms with E-state index >= 15 is 19.2 Å². The van der Waals surface area contributed by atoms with Crippen LogP contribution in [0.4, 0.5) is 0 Å². The van der Waals surface area contributed by atoms with Gasteiger partial charge in [-0.15, -0.1) is 11.8 Å². The van der Waals surface area contributed by atoms with Crippen molar-refractivity contribution in [2.75, 3.05) is 58.8 Å². The van der Waals surface area contributed by atoms with Crippen molar-refractivity contribution in [2.24, 2.45) is 29.0 Å². The lowest BCUT2D eigenvalue weighted by Crippen LogP contribution is -2.61. The average molecular weight is 1770 g/mol. The summed E-state index contributed by atoms with van der Waals surface area (Å²) in [5, 5.41) is 42.2. The first-order valence-electron chi connectivity index (χ1n) is 42.9. The number of carbonyl (C=O) groups excluding carboxylic acids is 15. The molecule has 6 aromatic rings. The van der Waals surface area contributed by atoms with Crippen molar-refractivity contribution in [3.05, 3.63) is 174 Å². The summed E-state index contributed by atoms with van der Waals surface area (Å²) in [5.74, 6) is -13.7. The number of likely N-dealkylation sites (tertiary alicyclic amines) is 2. The van der Waals surface area contributed by atoms with Gasteiger partial charge in [0.1, 0.15) is 78.5 Å². The molecule has 2 fully saturated rings. The van der Waals surface area contributed by atoms with Crippen molar-refractivity contribution >= 4 is 118 Å². The van der Waals surface area contributed by atoms with Gasteiger partial charge in [-0.2, -0.15) is 0 Å². The van der Waals surface area contributed by atoms with E-state index in [0.717, 1.165) is 33.1 Å². The summed E-state index contributed by atoms with van der Waals surface area (Å²) in [6.07, 6.45) is 2.61. The van der Waals surface area contributed by atoms with Gasteiger partial charge >= 0.3 is 5.97 Å². The van der Waals surface area contributed by atoms with Crippen LogP contribution < -0.4 is 59.7 Å². The number of amides is 14. The number of carboxylic acids is 1. The lowest BCUT2D eigenvalue weighted by atomic mass is 9.98. The maximum absolute atomic E-state index is 15.6. The number of phenols is 1. The highest BCUT2D eigenvalue weighted by molar-refractivity contribution is 8.00. The molecule has 0 saturated carbocycles. The minimum atomic E-state index is -1.75. The highest BCUT2D eigenvalue weighted by Gasteiger charge is 2.46. The zero-order valence-electron chi connectivity index (χ0n) is 73.0. The second-order valence-electron chi connectivity index (χ2n) is 33.0. The minimum absolute atomic E-state index is 0.0142. The largest absolute Gasteiger partial charge is 0.508 e. The molecule has 0 radical (unpaired) electrons. The Balaban J connectivity index is 0.948. The lowest BCUT2D eigenvalue weighted by molar-refractivity contribution is -0.152. The normalized spacial score (nSPS) is 16.3. The van der Waals surface area contributed by atoms with Crippen molar-refractivity contribution in [1.29, 1.82) is 0 Å². The van der Waals surface area contributed by atoms with E-state index in [1.807, 2.05) is 38.1 Å². The molecule has 1 aromatic heterocycles. The maximum atomic E-state index is 15.6. The third-order valence-corrected chi connectivity index (χ3v) is 23.6. The third-order valence-electron chi connectivity index (χ3n) is 22.6. The second kappa shape index (κ2) is 48.8. The van der Waals surface area contributed by atoms with E-state index in [9.17, 15) is 67.7 Å². The molecule has 17 N–H and O–H groups in total. The topological polar surface area (TPSA) is 520 Å². The van der Waals surface area contributed by atoms with Crippen molar-refractivity contribution < 1.29 is 86.9 Å².